The highest BCUT2D eigenvalue weighted by Gasteiger charge is 2.33. The Morgan fingerprint density at radius 1 is 1.19 bits per heavy atom. The molecule has 2 heterocycles. The monoisotopic (exact) mass is 428 g/mol. The van der Waals surface area contributed by atoms with E-state index in [2.05, 4.69) is 0 Å². The summed E-state index contributed by atoms with van der Waals surface area (Å²) in [6.07, 6.45) is 6.70. The third kappa shape index (κ3) is 5.08. The van der Waals surface area contributed by atoms with Gasteiger partial charge in [0.05, 0.1) is 5.69 Å². The topological polar surface area (TPSA) is 60.2 Å². The maximum absolute atomic E-state index is 14.3. The molecule has 1 aromatic heterocycles. The summed E-state index contributed by atoms with van der Waals surface area (Å²) in [4.78, 5) is 19.4. The summed E-state index contributed by atoms with van der Waals surface area (Å²) in [6, 6.07) is 5.17. The van der Waals surface area contributed by atoms with Crippen LogP contribution < -0.4 is 0 Å². The number of rotatable bonds is 5. The molecule has 0 radical (unpaired) electrons. The Morgan fingerprint density at radius 3 is 2.61 bits per heavy atom. The third-order valence-electron chi connectivity index (χ3n) is 6.24. The minimum atomic E-state index is -0.528. The summed E-state index contributed by atoms with van der Waals surface area (Å²) in [6.45, 7) is 8.07. The first kappa shape index (κ1) is 21.8. The van der Waals surface area contributed by atoms with Crippen molar-refractivity contribution >= 4 is 6.09 Å². The molecule has 1 aliphatic carbocycles. The summed E-state index contributed by atoms with van der Waals surface area (Å²) in [7, 11) is 0. The molecule has 0 N–H and O–H groups in total. The van der Waals surface area contributed by atoms with E-state index in [4.69, 9.17) is 14.8 Å². The Morgan fingerprint density at radius 2 is 1.97 bits per heavy atom. The predicted octanol–water partition coefficient (Wildman–Crippen LogP) is 5.00. The fourth-order valence-corrected chi connectivity index (χ4v) is 4.31. The predicted molar refractivity (Wildman–Crippen MR) is 117 cm³/mol. The molecular weight excluding hydrogens is 395 g/mol. The number of amides is 1. The molecule has 1 saturated carbocycles. The van der Waals surface area contributed by atoms with Crippen LogP contribution in [0.15, 0.2) is 18.2 Å². The van der Waals surface area contributed by atoms with E-state index in [1.54, 1.807) is 17.7 Å². The van der Waals surface area contributed by atoms with Gasteiger partial charge >= 0.3 is 6.09 Å². The lowest BCUT2D eigenvalue weighted by molar-refractivity contribution is 0.0225. The summed E-state index contributed by atoms with van der Waals surface area (Å²) >= 11 is 0. The van der Waals surface area contributed by atoms with Gasteiger partial charge in [0.1, 0.15) is 17.2 Å². The number of aryl methyl sites for hydroxylation is 1. The molecule has 1 aromatic carbocycles. The Balaban J connectivity index is 1.59. The van der Waals surface area contributed by atoms with Crippen molar-refractivity contribution in [1.29, 1.82) is 0 Å². The minimum absolute atomic E-state index is 0.00430. The lowest BCUT2D eigenvalue weighted by Crippen LogP contribution is -2.41. The van der Waals surface area contributed by atoms with Gasteiger partial charge in [-0.1, -0.05) is 25.3 Å². The highest BCUT2D eigenvalue weighted by molar-refractivity contribution is 5.69. The van der Waals surface area contributed by atoms with E-state index < -0.39 is 5.60 Å². The van der Waals surface area contributed by atoms with Crippen LogP contribution in [0.1, 0.15) is 70.1 Å². The summed E-state index contributed by atoms with van der Waals surface area (Å²) < 4.78 is 21.7. The van der Waals surface area contributed by atoms with Gasteiger partial charge in [-0.05, 0) is 64.2 Å². The van der Waals surface area contributed by atoms with E-state index >= 15 is 0 Å². The van der Waals surface area contributed by atoms with Gasteiger partial charge in [0.25, 0.3) is 0 Å². The number of nitrogens with zero attached hydrogens (tertiary/aromatic N) is 4. The molecule has 1 aliphatic heterocycles. The van der Waals surface area contributed by atoms with E-state index in [1.807, 2.05) is 31.7 Å². The largest absolute Gasteiger partial charge is 0.444 e. The molecule has 2 aromatic rings. The first-order valence-electron chi connectivity index (χ1n) is 11.4. The number of likely N-dealkylation sites (tertiary alicyclic amines) is 1. The van der Waals surface area contributed by atoms with Crippen LogP contribution in [0, 0.1) is 18.7 Å². The number of carbonyl (C=O) groups is 1. The standard InChI is InChI=1S/C24H33FN4O2/c1-16-10-11-19(14-20(16)25)29-22(26-21(27-29)13-17-7-5-8-17)15-18-9-6-12-28(18)23(30)31-24(2,3)4/h10-11,14,17-18H,5-9,12-13,15H2,1-4H3. The number of carbonyl (C=O) groups excluding carboxylic acids is 1. The minimum Gasteiger partial charge on any atom is -0.444 e. The van der Waals surface area contributed by atoms with Crippen LogP contribution in [0.5, 0.6) is 0 Å². The van der Waals surface area contributed by atoms with Gasteiger partial charge in [0, 0.05) is 25.4 Å². The quantitative estimate of drug-likeness (QED) is 0.672. The molecule has 7 heteroatoms. The van der Waals surface area contributed by atoms with E-state index in [0.29, 0.717) is 30.1 Å². The molecule has 1 amide bonds. The summed E-state index contributed by atoms with van der Waals surface area (Å²) in [5.74, 6) is 1.97. The van der Waals surface area contributed by atoms with Gasteiger partial charge in [-0.15, -0.1) is 0 Å². The van der Waals surface area contributed by atoms with Crippen LogP contribution in [0.25, 0.3) is 5.69 Å². The van der Waals surface area contributed by atoms with Crippen LogP contribution in [0.3, 0.4) is 0 Å². The Bertz CT molecular complexity index is 946. The zero-order chi connectivity index (χ0) is 22.2. The average Bonchev–Trinajstić information content (AvgIpc) is 3.26. The number of hydrogen-bond acceptors (Lipinski definition) is 4. The van der Waals surface area contributed by atoms with Gasteiger partial charge < -0.3 is 9.64 Å². The molecule has 1 atom stereocenters. The lowest BCUT2D eigenvalue weighted by Gasteiger charge is -2.28. The van der Waals surface area contributed by atoms with Gasteiger partial charge in [-0.2, -0.15) is 5.10 Å². The number of halogens is 1. The second-order valence-corrected chi connectivity index (χ2v) is 9.96. The van der Waals surface area contributed by atoms with Crippen molar-refractivity contribution in [3.8, 4) is 5.69 Å². The van der Waals surface area contributed by atoms with E-state index in [-0.39, 0.29) is 18.0 Å². The Hall–Kier alpha value is -2.44. The molecule has 168 valence electrons. The molecule has 4 rings (SSSR count). The average molecular weight is 429 g/mol. The zero-order valence-corrected chi connectivity index (χ0v) is 19.0. The summed E-state index contributed by atoms with van der Waals surface area (Å²) in [5.41, 5.74) is 0.749. The molecule has 1 saturated heterocycles. The first-order chi connectivity index (χ1) is 14.7. The van der Waals surface area contributed by atoms with Gasteiger partial charge in [-0.25, -0.2) is 18.9 Å². The van der Waals surface area contributed by atoms with Gasteiger partial charge in [-0.3, -0.25) is 0 Å². The van der Waals surface area contributed by atoms with Crippen LogP contribution in [0.4, 0.5) is 9.18 Å². The normalized spacial score (nSPS) is 19.5. The highest BCUT2D eigenvalue weighted by Crippen LogP contribution is 2.30. The molecule has 0 bridgehead atoms. The number of ether oxygens (including phenoxy) is 1. The summed E-state index contributed by atoms with van der Waals surface area (Å²) in [5, 5.41) is 4.75. The van der Waals surface area contributed by atoms with Crippen LogP contribution >= 0.6 is 0 Å². The molecule has 6 nitrogen and oxygen atoms in total. The molecule has 2 fully saturated rings. The number of aromatic nitrogens is 3. The lowest BCUT2D eigenvalue weighted by atomic mass is 9.83. The number of benzene rings is 1. The molecule has 1 unspecified atom stereocenters. The Labute approximate surface area is 183 Å². The SMILES string of the molecule is Cc1ccc(-n2nc(CC3CCC3)nc2CC2CCCN2C(=O)OC(C)(C)C)cc1F. The zero-order valence-electron chi connectivity index (χ0n) is 19.0. The second-order valence-electron chi connectivity index (χ2n) is 9.96. The maximum atomic E-state index is 14.3. The third-order valence-corrected chi connectivity index (χ3v) is 6.24. The smallest absolute Gasteiger partial charge is 0.410 e. The molecule has 0 spiro atoms. The van der Waals surface area contributed by atoms with Crippen LogP contribution in [0.2, 0.25) is 0 Å². The first-order valence-corrected chi connectivity index (χ1v) is 11.4. The fourth-order valence-electron chi connectivity index (χ4n) is 4.31. The highest BCUT2D eigenvalue weighted by atomic mass is 19.1. The molecular formula is C24H33FN4O2. The van der Waals surface area contributed by atoms with Crippen molar-refractivity contribution in [2.75, 3.05) is 6.54 Å². The van der Waals surface area contributed by atoms with Crippen molar-refractivity contribution < 1.29 is 13.9 Å². The molecule has 2 aliphatic rings. The van der Waals surface area contributed by atoms with E-state index in [0.717, 1.165) is 30.9 Å². The fraction of sp³-hybridized carbons (Fsp3) is 0.625. The van der Waals surface area contributed by atoms with Crippen molar-refractivity contribution in [2.45, 2.75) is 84.3 Å². The van der Waals surface area contributed by atoms with Crippen molar-refractivity contribution in [3.63, 3.8) is 0 Å². The van der Waals surface area contributed by atoms with Crippen LogP contribution in [-0.4, -0.2) is 43.9 Å². The number of hydrogen-bond donors (Lipinski definition) is 0. The van der Waals surface area contributed by atoms with E-state index in [9.17, 15) is 9.18 Å². The van der Waals surface area contributed by atoms with Crippen LogP contribution in [-0.2, 0) is 17.6 Å². The second kappa shape index (κ2) is 8.60. The van der Waals surface area contributed by atoms with Crippen molar-refractivity contribution in [2.24, 2.45) is 5.92 Å². The Kier molecular flexibility index (Phi) is 6.04. The maximum Gasteiger partial charge on any atom is 0.410 e. The van der Waals surface area contributed by atoms with Crippen molar-refractivity contribution in [1.82, 2.24) is 19.7 Å². The molecule has 31 heavy (non-hydrogen) atoms. The van der Waals surface area contributed by atoms with Gasteiger partial charge in [0.15, 0.2) is 5.82 Å². The van der Waals surface area contributed by atoms with Crippen molar-refractivity contribution in [3.05, 3.63) is 41.2 Å². The van der Waals surface area contributed by atoms with E-state index in [1.165, 1.54) is 25.3 Å². The van der Waals surface area contributed by atoms with Gasteiger partial charge in [0.2, 0.25) is 0 Å².